The van der Waals surface area contributed by atoms with Gasteiger partial charge in [-0.3, -0.25) is 4.79 Å². The molecule has 0 aliphatic carbocycles. The van der Waals surface area contributed by atoms with Gasteiger partial charge in [-0.1, -0.05) is 0 Å². The molecule has 3 aliphatic rings. The zero-order chi connectivity index (χ0) is 19.2. The van der Waals surface area contributed by atoms with E-state index in [4.69, 9.17) is 5.73 Å². The molecular formula is C17H26N6O3S. The molecule has 3 fully saturated rings. The first-order valence-electron chi connectivity index (χ1n) is 9.41. The Morgan fingerprint density at radius 3 is 2.85 bits per heavy atom. The van der Waals surface area contributed by atoms with Gasteiger partial charge in [0.25, 0.3) is 0 Å². The lowest BCUT2D eigenvalue weighted by molar-refractivity contribution is -0.148. The van der Waals surface area contributed by atoms with Crippen molar-refractivity contribution in [1.82, 2.24) is 19.6 Å². The number of fused-ring (bicyclic) bond motifs is 4. The maximum Gasteiger partial charge on any atom is 0.227 e. The lowest BCUT2D eigenvalue weighted by atomic mass is 9.72. The SMILES string of the molecule is CS(=O)(=O)NC[C@H]1[C@H]2C[C@H](CN(c3nccc(N)n3)C2)[C@@H]2CCCC(=O)N21. The Kier molecular flexibility index (Phi) is 4.71. The molecule has 0 radical (unpaired) electrons. The van der Waals surface area contributed by atoms with E-state index in [1.54, 1.807) is 12.3 Å². The van der Waals surface area contributed by atoms with Gasteiger partial charge in [0.05, 0.1) is 12.3 Å². The number of carbonyl (C=O) groups excluding carboxylic acids is 1. The number of nitrogens with one attached hydrogen (secondary N) is 1. The summed E-state index contributed by atoms with van der Waals surface area (Å²) >= 11 is 0. The van der Waals surface area contributed by atoms with Crippen LogP contribution in [0.3, 0.4) is 0 Å². The van der Waals surface area contributed by atoms with Crippen molar-refractivity contribution in [1.29, 1.82) is 0 Å². The van der Waals surface area contributed by atoms with Crippen LogP contribution in [0.5, 0.6) is 0 Å². The predicted octanol–water partition coefficient (Wildman–Crippen LogP) is -0.186. The van der Waals surface area contributed by atoms with Crippen LogP contribution in [0.1, 0.15) is 25.7 Å². The number of sulfonamides is 1. The summed E-state index contributed by atoms with van der Waals surface area (Å²) in [5, 5.41) is 0. The lowest BCUT2D eigenvalue weighted by Gasteiger charge is -2.56. The molecule has 148 valence electrons. The molecule has 4 atom stereocenters. The van der Waals surface area contributed by atoms with Crippen molar-refractivity contribution in [2.24, 2.45) is 11.8 Å². The topological polar surface area (TPSA) is 122 Å². The molecule has 4 rings (SSSR count). The Labute approximate surface area is 159 Å². The van der Waals surface area contributed by atoms with Gasteiger partial charge >= 0.3 is 0 Å². The third-order valence-electron chi connectivity index (χ3n) is 6.00. The number of nitrogen functional groups attached to an aromatic ring is 1. The number of aromatic nitrogens is 2. The first-order chi connectivity index (χ1) is 12.8. The van der Waals surface area contributed by atoms with Crippen molar-refractivity contribution in [2.45, 2.75) is 37.8 Å². The summed E-state index contributed by atoms with van der Waals surface area (Å²) in [7, 11) is -3.32. The van der Waals surface area contributed by atoms with E-state index < -0.39 is 10.0 Å². The van der Waals surface area contributed by atoms with E-state index >= 15 is 0 Å². The van der Waals surface area contributed by atoms with Crippen LogP contribution in [-0.4, -0.2) is 67.2 Å². The summed E-state index contributed by atoms with van der Waals surface area (Å²) in [5.41, 5.74) is 5.82. The van der Waals surface area contributed by atoms with Crippen LogP contribution in [0.25, 0.3) is 0 Å². The maximum atomic E-state index is 12.7. The van der Waals surface area contributed by atoms with E-state index in [0.717, 1.165) is 32.1 Å². The minimum absolute atomic E-state index is 0.141. The van der Waals surface area contributed by atoms with Gasteiger partial charge in [0.1, 0.15) is 5.82 Å². The molecule has 3 N–H and O–H groups in total. The first kappa shape index (κ1) is 18.4. The highest BCUT2D eigenvalue weighted by atomic mass is 32.2. The number of hydrogen-bond acceptors (Lipinski definition) is 7. The highest BCUT2D eigenvalue weighted by Crippen LogP contribution is 2.42. The van der Waals surface area contributed by atoms with E-state index in [1.165, 1.54) is 0 Å². The van der Waals surface area contributed by atoms with Crippen LogP contribution in [0.4, 0.5) is 11.8 Å². The third-order valence-corrected chi connectivity index (χ3v) is 6.69. The molecule has 4 heterocycles. The number of nitrogens with zero attached hydrogens (tertiary/aromatic N) is 4. The zero-order valence-electron chi connectivity index (χ0n) is 15.4. The molecule has 0 unspecified atom stereocenters. The average Bonchev–Trinajstić information content (AvgIpc) is 2.61. The molecule has 1 aromatic heterocycles. The maximum absolute atomic E-state index is 12.7. The second-order valence-corrected chi connectivity index (χ2v) is 9.72. The second-order valence-electron chi connectivity index (χ2n) is 7.89. The number of rotatable bonds is 4. The van der Waals surface area contributed by atoms with Crippen LogP contribution < -0.4 is 15.4 Å². The van der Waals surface area contributed by atoms with Crippen LogP contribution >= 0.6 is 0 Å². The molecule has 1 amide bonds. The van der Waals surface area contributed by atoms with Crippen molar-refractivity contribution in [3.05, 3.63) is 12.3 Å². The fraction of sp³-hybridized carbons (Fsp3) is 0.706. The highest BCUT2D eigenvalue weighted by molar-refractivity contribution is 7.88. The molecule has 10 heteroatoms. The smallest absolute Gasteiger partial charge is 0.227 e. The Morgan fingerprint density at radius 1 is 1.33 bits per heavy atom. The molecule has 0 aromatic carbocycles. The van der Waals surface area contributed by atoms with E-state index in [9.17, 15) is 13.2 Å². The molecule has 27 heavy (non-hydrogen) atoms. The monoisotopic (exact) mass is 394 g/mol. The van der Waals surface area contributed by atoms with Crippen molar-refractivity contribution in [3.63, 3.8) is 0 Å². The van der Waals surface area contributed by atoms with Gasteiger partial charge in [0.2, 0.25) is 21.9 Å². The van der Waals surface area contributed by atoms with Gasteiger partial charge in [-0.2, -0.15) is 4.98 Å². The van der Waals surface area contributed by atoms with Crippen LogP contribution in [0, 0.1) is 11.8 Å². The predicted molar refractivity (Wildman–Crippen MR) is 101 cm³/mol. The van der Waals surface area contributed by atoms with Gasteiger partial charge in [-0.05, 0) is 37.2 Å². The molecule has 0 saturated carbocycles. The Balaban J connectivity index is 1.62. The molecule has 0 spiro atoms. The highest BCUT2D eigenvalue weighted by Gasteiger charge is 2.49. The quantitative estimate of drug-likeness (QED) is 0.726. The number of nitrogens with two attached hydrogens (primary N) is 1. The Morgan fingerprint density at radius 2 is 2.11 bits per heavy atom. The van der Waals surface area contributed by atoms with E-state index in [-0.39, 0.29) is 30.5 Å². The van der Waals surface area contributed by atoms with E-state index in [1.807, 2.05) is 4.90 Å². The van der Waals surface area contributed by atoms with Crippen LogP contribution in [-0.2, 0) is 14.8 Å². The van der Waals surface area contributed by atoms with Crippen LogP contribution in [0.15, 0.2) is 12.3 Å². The van der Waals surface area contributed by atoms with Gasteiger partial charge in [-0.15, -0.1) is 0 Å². The molecule has 9 nitrogen and oxygen atoms in total. The summed E-state index contributed by atoms with van der Waals surface area (Å²) in [5.74, 6) is 1.69. The summed E-state index contributed by atoms with van der Waals surface area (Å²) in [6.45, 7) is 1.73. The molecule has 3 saturated heterocycles. The molecule has 1 aromatic rings. The van der Waals surface area contributed by atoms with Crippen molar-refractivity contribution in [2.75, 3.05) is 36.5 Å². The lowest BCUT2D eigenvalue weighted by Crippen LogP contribution is -2.67. The van der Waals surface area contributed by atoms with Crippen molar-refractivity contribution in [3.8, 4) is 0 Å². The molecule has 2 bridgehead atoms. The molecule has 3 aliphatic heterocycles. The molecular weight excluding hydrogens is 368 g/mol. The zero-order valence-corrected chi connectivity index (χ0v) is 16.2. The standard InChI is InChI=1S/C17H26N6O3S/c1-27(25,26)20-8-14-12-7-11(13-3-2-4-16(24)23(13)14)9-22(10-12)17-19-6-5-15(18)21-17/h5-6,11-14,20H,2-4,7-10H2,1H3,(H2,18,19,21)/t11-,12+,13+,14+/m1/s1. The van der Waals surface area contributed by atoms with Gasteiger partial charge in [0, 0.05) is 38.3 Å². The minimum Gasteiger partial charge on any atom is -0.384 e. The number of piperidine rings is 3. The summed E-state index contributed by atoms with van der Waals surface area (Å²) in [6, 6.07) is 1.67. The number of hydrogen-bond donors (Lipinski definition) is 2. The second kappa shape index (κ2) is 6.90. The summed E-state index contributed by atoms with van der Waals surface area (Å²) in [4.78, 5) is 25.5. The summed E-state index contributed by atoms with van der Waals surface area (Å²) < 4.78 is 25.9. The first-order valence-corrected chi connectivity index (χ1v) is 11.3. The van der Waals surface area contributed by atoms with E-state index in [2.05, 4.69) is 19.6 Å². The third kappa shape index (κ3) is 3.73. The van der Waals surface area contributed by atoms with Gasteiger partial charge in [0.15, 0.2) is 0 Å². The Bertz CT molecular complexity index is 832. The number of amides is 1. The normalized spacial score (nSPS) is 30.9. The number of carbonyl (C=O) groups is 1. The fourth-order valence-electron chi connectivity index (χ4n) is 4.95. The number of anilines is 2. The fourth-order valence-corrected chi connectivity index (χ4v) is 5.43. The van der Waals surface area contributed by atoms with Crippen LogP contribution in [0.2, 0.25) is 0 Å². The van der Waals surface area contributed by atoms with Crippen molar-refractivity contribution >= 4 is 27.7 Å². The minimum atomic E-state index is -3.32. The average molecular weight is 395 g/mol. The Hall–Kier alpha value is -1.94. The van der Waals surface area contributed by atoms with Gasteiger partial charge in [-0.25, -0.2) is 18.1 Å². The summed E-state index contributed by atoms with van der Waals surface area (Å²) in [6.07, 6.45) is 6.20. The van der Waals surface area contributed by atoms with Gasteiger partial charge < -0.3 is 15.5 Å². The van der Waals surface area contributed by atoms with E-state index in [0.29, 0.717) is 30.6 Å². The van der Waals surface area contributed by atoms with Crippen molar-refractivity contribution < 1.29 is 13.2 Å². The largest absolute Gasteiger partial charge is 0.384 e.